The maximum atomic E-state index is 13.1. The number of nitrogens with zero attached hydrogens (tertiary/aromatic N) is 1. The molecular formula is C24H17NO2. The van der Waals surface area contributed by atoms with Crippen molar-refractivity contribution in [2.24, 2.45) is 0 Å². The summed E-state index contributed by atoms with van der Waals surface area (Å²) >= 11 is 0. The molecule has 0 saturated heterocycles. The van der Waals surface area contributed by atoms with Crippen molar-refractivity contribution in [3.05, 3.63) is 91.0 Å². The van der Waals surface area contributed by atoms with Crippen LogP contribution in [0, 0.1) is 0 Å². The van der Waals surface area contributed by atoms with Gasteiger partial charge in [0.1, 0.15) is 5.75 Å². The minimum Gasteiger partial charge on any atom is -0.483 e. The number of ether oxygens (including phenoxy) is 1. The second kappa shape index (κ2) is 6.29. The third-order valence-corrected chi connectivity index (χ3v) is 4.93. The van der Waals surface area contributed by atoms with Crippen LogP contribution in [0.25, 0.3) is 32.6 Å². The molecule has 0 spiro atoms. The predicted octanol–water partition coefficient (Wildman–Crippen LogP) is 5.67. The molecule has 0 amide bonds. The van der Waals surface area contributed by atoms with Gasteiger partial charge in [-0.2, -0.15) is 0 Å². The minimum absolute atomic E-state index is 0.0172. The van der Waals surface area contributed by atoms with E-state index in [1.807, 2.05) is 91.0 Å². The summed E-state index contributed by atoms with van der Waals surface area (Å²) in [6, 6.07) is 29.9. The largest absolute Gasteiger partial charge is 0.483 e. The number of rotatable bonds is 3. The van der Waals surface area contributed by atoms with Gasteiger partial charge in [-0.3, -0.25) is 9.36 Å². The summed E-state index contributed by atoms with van der Waals surface area (Å²) in [5.74, 6) is 0.641. The van der Waals surface area contributed by atoms with E-state index in [2.05, 4.69) is 0 Å². The number of fused-ring (bicyclic) bond motifs is 4. The molecule has 1 heterocycles. The summed E-state index contributed by atoms with van der Waals surface area (Å²) in [6.45, 7) is -0.0172. The number of aromatic nitrogens is 1. The zero-order valence-electron chi connectivity index (χ0n) is 14.6. The monoisotopic (exact) mass is 351 g/mol. The highest BCUT2D eigenvalue weighted by atomic mass is 16.5. The average Bonchev–Trinajstić information content (AvgIpc) is 3.06. The van der Waals surface area contributed by atoms with E-state index in [4.69, 9.17) is 4.74 Å². The molecule has 3 heteroatoms. The third kappa shape index (κ3) is 2.56. The quantitative estimate of drug-likeness (QED) is 0.419. The SMILES string of the molecule is O=C(COc1cccc2ccccc12)n1c2ccccc2c2ccccc21. The van der Waals surface area contributed by atoms with E-state index in [0.29, 0.717) is 0 Å². The molecule has 3 nitrogen and oxygen atoms in total. The van der Waals surface area contributed by atoms with E-state index in [-0.39, 0.29) is 12.5 Å². The van der Waals surface area contributed by atoms with Gasteiger partial charge in [0.25, 0.3) is 5.91 Å². The molecule has 5 aromatic rings. The summed E-state index contributed by atoms with van der Waals surface area (Å²) in [7, 11) is 0. The lowest BCUT2D eigenvalue weighted by atomic mass is 10.1. The van der Waals surface area contributed by atoms with Crippen LogP contribution in [-0.2, 0) is 0 Å². The number of hydrogen-bond acceptors (Lipinski definition) is 2. The Morgan fingerprint density at radius 1 is 0.667 bits per heavy atom. The fraction of sp³-hybridized carbons (Fsp3) is 0.0417. The molecule has 4 aromatic carbocycles. The zero-order valence-corrected chi connectivity index (χ0v) is 14.6. The normalized spacial score (nSPS) is 11.3. The Bertz CT molecular complexity index is 1240. The first-order valence-electron chi connectivity index (χ1n) is 8.95. The smallest absolute Gasteiger partial charge is 0.269 e. The molecule has 0 aliphatic heterocycles. The number of carbonyl (C=O) groups is 1. The van der Waals surface area contributed by atoms with Crippen LogP contribution in [0.5, 0.6) is 5.75 Å². The molecule has 5 rings (SSSR count). The van der Waals surface area contributed by atoms with Crippen molar-refractivity contribution >= 4 is 38.5 Å². The van der Waals surface area contributed by atoms with Gasteiger partial charge < -0.3 is 4.74 Å². The molecule has 0 bridgehead atoms. The maximum absolute atomic E-state index is 13.1. The van der Waals surface area contributed by atoms with Gasteiger partial charge in [-0.05, 0) is 23.6 Å². The Kier molecular flexibility index (Phi) is 3.65. The molecule has 1 aromatic heterocycles. The first-order valence-corrected chi connectivity index (χ1v) is 8.95. The molecule has 0 saturated carbocycles. The Labute approximate surface area is 156 Å². The number of hydrogen-bond donors (Lipinski definition) is 0. The zero-order chi connectivity index (χ0) is 18.2. The average molecular weight is 351 g/mol. The van der Waals surface area contributed by atoms with E-state index < -0.39 is 0 Å². The fourth-order valence-corrected chi connectivity index (χ4v) is 3.72. The fourth-order valence-electron chi connectivity index (χ4n) is 3.72. The maximum Gasteiger partial charge on any atom is 0.269 e. The van der Waals surface area contributed by atoms with E-state index in [1.54, 1.807) is 4.57 Å². The van der Waals surface area contributed by atoms with Gasteiger partial charge >= 0.3 is 0 Å². The predicted molar refractivity (Wildman–Crippen MR) is 110 cm³/mol. The van der Waals surface area contributed by atoms with E-state index in [9.17, 15) is 4.79 Å². The number of carbonyl (C=O) groups excluding carboxylic acids is 1. The van der Waals surface area contributed by atoms with Gasteiger partial charge in [0, 0.05) is 16.2 Å². The molecule has 0 radical (unpaired) electrons. The first kappa shape index (κ1) is 15.6. The summed E-state index contributed by atoms with van der Waals surface area (Å²) in [4.78, 5) is 13.1. The minimum atomic E-state index is -0.0830. The Hall–Kier alpha value is -3.59. The lowest BCUT2D eigenvalue weighted by Gasteiger charge is -2.10. The second-order valence-electron chi connectivity index (χ2n) is 6.53. The molecule has 27 heavy (non-hydrogen) atoms. The summed E-state index contributed by atoms with van der Waals surface area (Å²) < 4.78 is 7.69. The highest BCUT2D eigenvalue weighted by Crippen LogP contribution is 2.29. The topological polar surface area (TPSA) is 31.2 Å². The van der Waals surface area contributed by atoms with Crippen molar-refractivity contribution in [1.82, 2.24) is 4.57 Å². The summed E-state index contributed by atoms with van der Waals surface area (Å²) in [5.41, 5.74) is 1.82. The third-order valence-electron chi connectivity index (χ3n) is 4.93. The molecule has 0 N–H and O–H groups in total. The van der Waals surface area contributed by atoms with Gasteiger partial charge in [0.2, 0.25) is 0 Å². The molecule has 0 fully saturated rings. The van der Waals surface area contributed by atoms with E-state index >= 15 is 0 Å². The van der Waals surface area contributed by atoms with Gasteiger partial charge in [-0.15, -0.1) is 0 Å². The van der Waals surface area contributed by atoms with Crippen LogP contribution in [-0.4, -0.2) is 17.1 Å². The van der Waals surface area contributed by atoms with Crippen LogP contribution in [0.1, 0.15) is 4.79 Å². The molecule has 0 unspecified atom stereocenters. The van der Waals surface area contributed by atoms with E-state index in [1.165, 1.54) is 0 Å². The van der Waals surface area contributed by atoms with Gasteiger partial charge in [0.15, 0.2) is 6.61 Å². The van der Waals surface area contributed by atoms with Gasteiger partial charge in [-0.1, -0.05) is 72.8 Å². The van der Waals surface area contributed by atoms with Gasteiger partial charge in [0.05, 0.1) is 11.0 Å². The van der Waals surface area contributed by atoms with Crippen LogP contribution in [0.15, 0.2) is 91.0 Å². The molecular weight excluding hydrogens is 334 g/mol. The van der Waals surface area contributed by atoms with Crippen LogP contribution >= 0.6 is 0 Å². The standard InChI is InChI=1S/C24H17NO2/c26-24(16-27-23-15-7-9-17-8-1-2-10-18(17)23)25-21-13-5-3-11-19(21)20-12-4-6-14-22(20)25/h1-15H,16H2. The Morgan fingerprint density at radius 2 is 1.22 bits per heavy atom. The Morgan fingerprint density at radius 3 is 1.93 bits per heavy atom. The van der Waals surface area contributed by atoms with Crippen LogP contribution in [0.3, 0.4) is 0 Å². The lowest BCUT2D eigenvalue weighted by Crippen LogP contribution is -2.19. The lowest BCUT2D eigenvalue weighted by molar-refractivity contribution is 0.0849. The van der Waals surface area contributed by atoms with Crippen LogP contribution in [0.4, 0.5) is 0 Å². The highest BCUT2D eigenvalue weighted by molar-refractivity contribution is 6.13. The van der Waals surface area contributed by atoms with Crippen molar-refractivity contribution in [2.75, 3.05) is 6.61 Å². The summed E-state index contributed by atoms with van der Waals surface area (Å²) in [6.07, 6.45) is 0. The molecule has 0 aliphatic carbocycles. The van der Waals surface area contributed by atoms with Crippen molar-refractivity contribution in [1.29, 1.82) is 0 Å². The second-order valence-corrected chi connectivity index (χ2v) is 6.53. The van der Waals surface area contributed by atoms with Crippen LogP contribution < -0.4 is 4.74 Å². The van der Waals surface area contributed by atoms with Crippen LogP contribution in [0.2, 0.25) is 0 Å². The molecule has 130 valence electrons. The number of benzene rings is 4. The Balaban J connectivity index is 1.54. The first-order chi connectivity index (χ1) is 13.3. The molecule has 0 aliphatic rings. The van der Waals surface area contributed by atoms with Crippen molar-refractivity contribution < 1.29 is 9.53 Å². The number of para-hydroxylation sites is 2. The molecule has 0 atom stereocenters. The van der Waals surface area contributed by atoms with Crippen molar-refractivity contribution in [3.8, 4) is 5.75 Å². The van der Waals surface area contributed by atoms with Crippen molar-refractivity contribution in [2.45, 2.75) is 0 Å². The van der Waals surface area contributed by atoms with Gasteiger partial charge in [-0.25, -0.2) is 0 Å². The van der Waals surface area contributed by atoms with E-state index in [0.717, 1.165) is 38.3 Å². The highest BCUT2D eigenvalue weighted by Gasteiger charge is 2.16. The van der Waals surface area contributed by atoms with Crippen molar-refractivity contribution in [3.63, 3.8) is 0 Å². The summed E-state index contributed by atoms with van der Waals surface area (Å²) in [5, 5.41) is 4.26.